The summed E-state index contributed by atoms with van der Waals surface area (Å²) in [6.45, 7) is 10.5. The molecule has 0 aromatic carbocycles. The molecule has 0 aromatic rings. The highest BCUT2D eigenvalue weighted by molar-refractivity contribution is 5.67. The van der Waals surface area contributed by atoms with Gasteiger partial charge in [0.25, 0.3) is 0 Å². The van der Waals surface area contributed by atoms with Crippen LogP contribution in [0.1, 0.15) is 40.5 Å². The predicted molar refractivity (Wildman–Crippen MR) is 64.6 cm³/mol. The van der Waals surface area contributed by atoms with Gasteiger partial charge in [0.1, 0.15) is 0 Å². The van der Waals surface area contributed by atoms with Crippen molar-refractivity contribution in [1.29, 1.82) is 0 Å². The molecule has 1 rings (SSSR count). The number of hydrogen-bond acceptors (Lipinski definition) is 3. The maximum Gasteiger partial charge on any atom is 0.304 e. The summed E-state index contributed by atoms with van der Waals surface area (Å²) < 4.78 is 0. The lowest BCUT2D eigenvalue weighted by molar-refractivity contribution is -0.137. The molecular weight excluding hydrogens is 204 g/mol. The van der Waals surface area contributed by atoms with Crippen molar-refractivity contribution in [3.05, 3.63) is 0 Å². The zero-order valence-corrected chi connectivity index (χ0v) is 10.8. The summed E-state index contributed by atoms with van der Waals surface area (Å²) in [6.07, 6.45) is 1.26. The number of hydrogen-bond donors (Lipinski definition) is 2. The highest BCUT2D eigenvalue weighted by atomic mass is 16.4. The Morgan fingerprint density at radius 2 is 2.19 bits per heavy atom. The number of carbonyl (C=O) groups is 1. The summed E-state index contributed by atoms with van der Waals surface area (Å²) in [4.78, 5) is 13.2. The number of carboxylic acids is 1. The molecule has 1 heterocycles. The third-order valence-electron chi connectivity index (χ3n) is 3.41. The first-order chi connectivity index (χ1) is 7.33. The van der Waals surface area contributed by atoms with Gasteiger partial charge < -0.3 is 10.4 Å². The highest BCUT2D eigenvalue weighted by Gasteiger charge is 2.33. The lowest BCUT2D eigenvalue weighted by Crippen LogP contribution is -2.50. The van der Waals surface area contributed by atoms with Crippen molar-refractivity contribution in [3.63, 3.8) is 0 Å². The van der Waals surface area contributed by atoms with E-state index in [0.717, 1.165) is 19.5 Å². The minimum Gasteiger partial charge on any atom is -0.481 e. The lowest BCUT2D eigenvalue weighted by atomic mass is 9.97. The van der Waals surface area contributed by atoms with Crippen LogP contribution in [0.25, 0.3) is 0 Å². The van der Waals surface area contributed by atoms with Crippen LogP contribution in [0, 0.1) is 0 Å². The fourth-order valence-corrected chi connectivity index (χ4v) is 2.53. The van der Waals surface area contributed by atoms with Crippen LogP contribution < -0.4 is 5.32 Å². The van der Waals surface area contributed by atoms with Gasteiger partial charge in [0.2, 0.25) is 0 Å². The molecular formula is C12H24N2O2. The van der Waals surface area contributed by atoms with Gasteiger partial charge in [0.05, 0.1) is 6.42 Å². The van der Waals surface area contributed by atoms with Crippen molar-refractivity contribution in [3.8, 4) is 0 Å². The van der Waals surface area contributed by atoms with Crippen LogP contribution in [-0.2, 0) is 4.79 Å². The summed E-state index contributed by atoms with van der Waals surface area (Å²) in [7, 11) is 0. The van der Waals surface area contributed by atoms with Crippen molar-refractivity contribution < 1.29 is 9.90 Å². The molecule has 94 valence electrons. The van der Waals surface area contributed by atoms with E-state index in [0.29, 0.717) is 6.04 Å². The topological polar surface area (TPSA) is 52.6 Å². The van der Waals surface area contributed by atoms with E-state index in [-0.39, 0.29) is 18.0 Å². The Hall–Kier alpha value is -0.610. The lowest BCUT2D eigenvalue weighted by Gasteiger charge is -2.40. The number of nitrogens with one attached hydrogen (secondary N) is 1. The highest BCUT2D eigenvalue weighted by Crippen LogP contribution is 2.24. The molecule has 0 bridgehead atoms. The van der Waals surface area contributed by atoms with Crippen LogP contribution in [0.2, 0.25) is 0 Å². The fourth-order valence-electron chi connectivity index (χ4n) is 2.53. The summed E-state index contributed by atoms with van der Waals surface area (Å²) >= 11 is 0. The molecule has 1 aliphatic heterocycles. The molecule has 4 nitrogen and oxygen atoms in total. The second-order valence-electron chi connectivity index (χ2n) is 5.56. The van der Waals surface area contributed by atoms with Gasteiger partial charge in [0, 0.05) is 24.2 Å². The third-order valence-corrected chi connectivity index (χ3v) is 3.41. The zero-order chi connectivity index (χ0) is 12.3. The summed E-state index contributed by atoms with van der Waals surface area (Å²) in [5.74, 6) is -0.721. The second kappa shape index (κ2) is 5.15. The number of carboxylic acid groups (broad SMARTS) is 1. The molecule has 16 heavy (non-hydrogen) atoms. The number of aliphatic carboxylic acids is 1. The van der Waals surface area contributed by atoms with Gasteiger partial charge in [-0.25, -0.2) is 0 Å². The van der Waals surface area contributed by atoms with Crippen LogP contribution in [0.15, 0.2) is 0 Å². The normalized spacial score (nSPS) is 26.7. The molecule has 4 heteroatoms. The molecule has 1 saturated heterocycles. The minimum atomic E-state index is -0.721. The van der Waals surface area contributed by atoms with Crippen molar-refractivity contribution in [2.24, 2.45) is 0 Å². The van der Waals surface area contributed by atoms with E-state index in [2.05, 4.69) is 37.9 Å². The quantitative estimate of drug-likeness (QED) is 0.765. The van der Waals surface area contributed by atoms with Crippen LogP contribution in [-0.4, -0.2) is 46.7 Å². The van der Waals surface area contributed by atoms with E-state index >= 15 is 0 Å². The van der Waals surface area contributed by atoms with Crippen molar-refractivity contribution in [2.75, 3.05) is 13.1 Å². The Labute approximate surface area is 98.0 Å². The fraction of sp³-hybridized carbons (Fsp3) is 0.917. The SMILES string of the molecule is CC(C)N1CC(CC(=O)O)NCCC1(C)C. The maximum atomic E-state index is 10.8. The van der Waals surface area contributed by atoms with Crippen molar-refractivity contribution in [1.82, 2.24) is 10.2 Å². The molecule has 0 radical (unpaired) electrons. The van der Waals surface area contributed by atoms with Gasteiger partial charge in [-0.2, -0.15) is 0 Å². The molecule has 0 amide bonds. The number of rotatable bonds is 3. The Morgan fingerprint density at radius 1 is 1.56 bits per heavy atom. The van der Waals surface area contributed by atoms with Crippen molar-refractivity contribution in [2.45, 2.75) is 58.2 Å². The molecule has 1 aliphatic rings. The van der Waals surface area contributed by atoms with E-state index in [1.807, 2.05) is 0 Å². The molecule has 2 N–H and O–H groups in total. The van der Waals surface area contributed by atoms with Gasteiger partial charge >= 0.3 is 5.97 Å². The first kappa shape index (κ1) is 13.5. The third kappa shape index (κ3) is 3.46. The standard InChI is InChI=1S/C12H24N2O2/c1-9(2)14-8-10(7-11(15)16)13-6-5-12(14,3)4/h9-10,13H,5-8H2,1-4H3,(H,15,16). The number of nitrogens with zero attached hydrogens (tertiary/aromatic N) is 1. The molecule has 1 atom stereocenters. The zero-order valence-electron chi connectivity index (χ0n) is 10.8. The van der Waals surface area contributed by atoms with Crippen LogP contribution >= 0.6 is 0 Å². The first-order valence-electron chi connectivity index (χ1n) is 6.05. The maximum absolute atomic E-state index is 10.8. The molecule has 0 aliphatic carbocycles. The van der Waals surface area contributed by atoms with E-state index in [4.69, 9.17) is 5.11 Å². The summed E-state index contributed by atoms with van der Waals surface area (Å²) in [5.41, 5.74) is 0.147. The van der Waals surface area contributed by atoms with Gasteiger partial charge in [-0.3, -0.25) is 9.69 Å². The van der Waals surface area contributed by atoms with Gasteiger partial charge in [-0.15, -0.1) is 0 Å². The predicted octanol–water partition coefficient (Wildman–Crippen LogP) is 1.31. The van der Waals surface area contributed by atoms with Gasteiger partial charge in [0.15, 0.2) is 0 Å². The molecule has 1 fully saturated rings. The first-order valence-corrected chi connectivity index (χ1v) is 6.05. The largest absolute Gasteiger partial charge is 0.481 e. The Morgan fingerprint density at radius 3 is 2.69 bits per heavy atom. The molecule has 1 unspecified atom stereocenters. The molecule has 0 spiro atoms. The molecule has 0 aromatic heterocycles. The Balaban J connectivity index is 2.72. The van der Waals surface area contributed by atoms with Crippen molar-refractivity contribution >= 4 is 5.97 Å². The van der Waals surface area contributed by atoms with Gasteiger partial charge in [-0.1, -0.05) is 0 Å². The Kier molecular flexibility index (Phi) is 4.33. The van der Waals surface area contributed by atoms with E-state index in [9.17, 15) is 4.79 Å². The van der Waals surface area contributed by atoms with Crippen LogP contribution in [0.5, 0.6) is 0 Å². The smallest absolute Gasteiger partial charge is 0.304 e. The van der Waals surface area contributed by atoms with Crippen LogP contribution in [0.4, 0.5) is 0 Å². The summed E-state index contributed by atoms with van der Waals surface area (Å²) in [6, 6.07) is 0.521. The van der Waals surface area contributed by atoms with E-state index in [1.165, 1.54) is 0 Å². The summed E-state index contributed by atoms with van der Waals surface area (Å²) in [5, 5.41) is 12.2. The van der Waals surface area contributed by atoms with Crippen LogP contribution in [0.3, 0.4) is 0 Å². The van der Waals surface area contributed by atoms with E-state index < -0.39 is 5.97 Å². The second-order valence-corrected chi connectivity index (χ2v) is 5.56. The average molecular weight is 228 g/mol. The monoisotopic (exact) mass is 228 g/mol. The minimum absolute atomic E-state index is 0.0710. The Bertz CT molecular complexity index is 251. The average Bonchev–Trinajstić information content (AvgIpc) is 2.23. The van der Waals surface area contributed by atoms with Gasteiger partial charge in [-0.05, 0) is 40.7 Å². The van der Waals surface area contributed by atoms with E-state index in [1.54, 1.807) is 0 Å². The molecule has 0 saturated carbocycles.